The molecule has 2 heterocycles. The molecule has 0 spiro atoms. The third kappa shape index (κ3) is 5.17. The van der Waals surface area contributed by atoms with Gasteiger partial charge in [0.15, 0.2) is 0 Å². The van der Waals surface area contributed by atoms with Gasteiger partial charge in [-0.3, -0.25) is 9.10 Å². The zero-order valence-electron chi connectivity index (χ0n) is 18.7. The van der Waals surface area contributed by atoms with Gasteiger partial charge in [-0.1, -0.05) is 30.3 Å². The number of hydrogen-bond donors (Lipinski definition) is 1. The van der Waals surface area contributed by atoms with Crippen molar-refractivity contribution in [2.75, 3.05) is 10.8 Å². The molecule has 1 N–H and O–H groups in total. The van der Waals surface area contributed by atoms with E-state index in [-0.39, 0.29) is 29.0 Å². The molecule has 1 aliphatic rings. The number of aryl methyl sites for hydroxylation is 1. The molecule has 172 valence electrons. The van der Waals surface area contributed by atoms with Crippen molar-refractivity contribution in [1.29, 1.82) is 0 Å². The van der Waals surface area contributed by atoms with Crippen molar-refractivity contribution in [3.63, 3.8) is 0 Å². The summed E-state index contributed by atoms with van der Waals surface area (Å²) >= 11 is 0. The molecule has 8 heteroatoms. The summed E-state index contributed by atoms with van der Waals surface area (Å²) in [6, 6.07) is 17.3. The Bertz CT molecular complexity index is 1240. The Morgan fingerprint density at radius 1 is 1.12 bits per heavy atom. The van der Waals surface area contributed by atoms with Gasteiger partial charge in [-0.15, -0.1) is 0 Å². The quantitative estimate of drug-likeness (QED) is 0.571. The highest BCUT2D eigenvalue weighted by molar-refractivity contribution is 7.92. The molecule has 0 atom stereocenters. The van der Waals surface area contributed by atoms with Crippen LogP contribution >= 0.6 is 0 Å². The predicted octanol–water partition coefficient (Wildman–Crippen LogP) is 3.94. The van der Waals surface area contributed by atoms with Crippen molar-refractivity contribution in [3.8, 4) is 5.88 Å². The molecule has 0 saturated heterocycles. The Labute approximate surface area is 194 Å². The van der Waals surface area contributed by atoms with Crippen LogP contribution in [0.1, 0.15) is 41.8 Å². The minimum atomic E-state index is -3.78. The summed E-state index contributed by atoms with van der Waals surface area (Å²) in [4.78, 5) is 17.0. The van der Waals surface area contributed by atoms with E-state index >= 15 is 0 Å². The minimum absolute atomic E-state index is 0.0324. The second kappa shape index (κ2) is 9.62. The van der Waals surface area contributed by atoms with Gasteiger partial charge < -0.3 is 10.1 Å². The average Bonchev–Trinajstić information content (AvgIpc) is 2.82. The number of sulfonamides is 1. The van der Waals surface area contributed by atoms with Crippen LogP contribution in [-0.4, -0.2) is 32.0 Å². The van der Waals surface area contributed by atoms with E-state index in [0.29, 0.717) is 18.1 Å². The summed E-state index contributed by atoms with van der Waals surface area (Å²) in [5.74, 6) is 0.172. The normalized spacial score (nSPS) is 13.5. The van der Waals surface area contributed by atoms with Crippen LogP contribution in [0.4, 0.5) is 5.69 Å². The number of fused-ring (bicyclic) bond motifs is 1. The highest BCUT2D eigenvalue weighted by Gasteiger charge is 2.29. The third-order valence-corrected chi connectivity index (χ3v) is 7.17. The zero-order chi connectivity index (χ0) is 23.4. The number of anilines is 1. The first kappa shape index (κ1) is 22.8. The van der Waals surface area contributed by atoms with Gasteiger partial charge in [-0.25, -0.2) is 13.4 Å². The van der Waals surface area contributed by atoms with E-state index < -0.39 is 10.0 Å². The van der Waals surface area contributed by atoms with Crippen LogP contribution in [-0.2, 0) is 23.0 Å². The van der Waals surface area contributed by atoms with E-state index in [1.54, 1.807) is 24.4 Å². The van der Waals surface area contributed by atoms with Crippen LogP contribution in [0.3, 0.4) is 0 Å². The fourth-order valence-corrected chi connectivity index (χ4v) is 5.37. The maximum Gasteiger partial charge on any atom is 0.264 e. The van der Waals surface area contributed by atoms with Crippen molar-refractivity contribution in [1.82, 2.24) is 10.3 Å². The molecular formula is C25H27N3O4S. The first-order valence-electron chi connectivity index (χ1n) is 10.9. The van der Waals surface area contributed by atoms with E-state index in [2.05, 4.69) is 10.3 Å². The lowest BCUT2D eigenvalue weighted by Gasteiger charge is -2.30. The molecule has 33 heavy (non-hydrogen) atoms. The van der Waals surface area contributed by atoms with Crippen molar-refractivity contribution >= 4 is 21.6 Å². The number of carbonyl (C=O) groups is 1. The van der Waals surface area contributed by atoms with Gasteiger partial charge >= 0.3 is 0 Å². The van der Waals surface area contributed by atoms with Crippen LogP contribution in [0.25, 0.3) is 0 Å². The first-order valence-corrected chi connectivity index (χ1v) is 12.4. The van der Waals surface area contributed by atoms with E-state index in [4.69, 9.17) is 4.74 Å². The van der Waals surface area contributed by atoms with Crippen LogP contribution in [0.5, 0.6) is 5.88 Å². The van der Waals surface area contributed by atoms with Crippen molar-refractivity contribution < 1.29 is 17.9 Å². The molecule has 0 fully saturated rings. The minimum Gasteiger partial charge on any atom is -0.475 e. The van der Waals surface area contributed by atoms with Gasteiger partial charge in [0, 0.05) is 30.9 Å². The summed E-state index contributed by atoms with van der Waals surface area (Å²) in [5.41, 5.74) is 2.82. The molecule has 1 amide bonds. The zero-order valence-corrected chi connectivity index (χ0v) is 19.5. The highest BCUT2D eigenvalue weighted by Crippen LogP contribution is 2.31. The summed E-state index contributed by atoms with van der Waals surface area (Å²) in [7, 11) is -3.78. The largest absolute Gasteiger partial charge is 0.475 e. The fourth-order valence-electron chi connectivity index (χ4n) is 3.78. The fraction of sp³-hybridized carbons (Fsp3) is 0.280. The van der Waals surface area contributed by atoms with E-state index in [9.17, 15) is 13.2 Å². The SMILES string of the molecule is CC(C)Oc1ccc(CNC(=O)c2cccc(S(=O)(=O)N3CCCc4ccccc43)c2)cn1. The Morgan fingerprint density at radius 2 is 1.94 bits per heavy atom. The van der Waals surface area contributed by atoms with Crippen molar-refractivity contribution in [2.45, 2.75) is 44.2 Å². The van der Waals surface area contributed by atoms with Crippen molar-refractivity contribution in [2.24, 2.45) is 0 Å². The van der Waals surface area contributed by atoms with Crippen LogP contribution in [0.2, 0.25) is 0 Å². The van der Waals surface area contributed by atoms with Crippen LogP contribution in [0.15, 0.2) is 71.8 Å². The number of carbonyl (C=O) groups excluding carboxylic acids is 1. The monoisotopic (exact) mass is 465 g/mol. The molecule has 7 nitrogen and oxygen atoms in total. The molecule has 1 aliphatic heterocycles. The van der Waals surface area contributed by atoms with Gasteiger partial charge in [0.25, 0.3) is 15.9 Å². The van der Waals surface area contributed by atoms with Crippen molar-refractivity contribution in [3.05, 3.63) is 83.6 Å². The third-order valence-electron chi connectivity index (χ3n) is 5.36. The second-order valence-electron chi connectivity index (χ2n) is 8.19. The number of nitrogens with one attached hydrogen (secondary N) is 1. The Balaban J connectivity index is 1.48. The number of hydrogen-bond acceptors (Lipinski definition) is 5. The number of nitrogens with zero attached hydrogens (tertiary/aromatic N) is 2. The Morgan fingerprint density at radius 3 is 2.70 bits per heavy atom. The molecule has 0 saturated carbocycles. The standard InChI is InChI=1S/C25H27N3O4S/c1-18(2)32-24-13-12-19(16-26-24)17-27-25(29)21-8-5-10-22(15-21)33(30,31)28-14-6-9-20-7-3-4-11-23(20)28/h3-5,7-8,10-13,15-16,18H,6,9,14,17H2,1-2H3,(H,27,29). The number of benzene rings is 2. The van der Waals surface area contributed by atoms with Gasteiger partial charge in [0.1, 0.15) is 0 Å². The van der Waals surface area contributed by atoms with E-state index in [1.807, 2.05) is 44.2 Å². The predicted molar refractivity (Wildman–Crippen MR) is 127 cm³/mol. The topological polar surface area (TPSA) is 88.6 Å². The molecule has 3 aromatic rings. The smallest absolute Gasteiger partial charge is 0.264 e. The molecule has 0 unspecified atom stereocenters. The Kier molecular flexibility index (Phi) is 6.65. The summed E-state index contributed by atoms with van der Waals surface area (Å²) < 4.78 is 33.7. The molecule has 0 aliphatic carbocycles. The molecule has 4 rings (SSSR count). The number of ether oxygens (including phenoxy) is 1. The lowest BCUT2D eigenvalue weighted by atomic mass is 10.0. The summed E-state index contributed by atoms with van der Waals surface area (Å²) in [5, 5.41) is 2.82. The molecule has 0 bridgehead atoms. The lowest BCUT2D eigenvalue weighted by Crippen LogP contribution is -2.35. The average molecular weight is 466 g/mol. The number of amides is 1. The van der Waals surface area contributed by atoms with E-state index in [1.165, 1.54) is 16.4 Å². The lowest BCUT2D eigenvalue weighted by molar-refractivity contribution is 0.0950. The Hall–Kier alpha value is -3.39. The molecule has 1 aromatic heterocycles. The number of pyridine rings is 1. The van der Waals surface area contributed by atoms with Crippen LogP contribution < -0.4 is 14.4 Å². The van der Waals surface area contributed by atoms with Gasteiger partial charge in [0.2, 0.25) is 5.88 Å². The number of rotatable bonds is 7. The molecular weight excluding hydrogens is 438 g/mol. The van der Waals surface area contributed by atoms with Crippen LogP contribution in [0, 0.1) is 0 Å². The molecule has 2 aromatic carbocycles. The summed E-state index contributed by atoms with van der Waals surface area (Å²) in [6.45, 7) is 4.53. The highest BCUT2D eigenvalue weighted by atomic mass is 32.2. The van der Waals surface area contributed by atoms with Gasteiger partial charge in [0.05, 0.1) is 16.7 Å². The number of aromatic nitrogens is 1. The van der Waals surface area contributed by atoms with Gasteiger partial charge in [-0.2, -0.15) is 0 Å². The van der Waals surface area contributed by atoms with Gasteiger partial charge in [-0.05, 0) is 62.1 Å². The maximum absolute atomic E-state index is 13.4. The maximum atomic E-state index is 13.4. The summed E-state index contributed by atoms with van der Waals surface area (Å²) in [6.07, 6.45) is 3.28. The second-order valence-corrected chi connectivity index (χ2v) is 10.1. The van der Waals surface area contributed by atoms with E-state index in [0.717, 1.165) is 24.0 Å². The molecule has 0 radical (unpaired) electrons. The first-order chi connectivity index (χ1) is 15.8. The number of para-hydroxylation sites is 1.